The molecule has 1 atom stereocenters. The van der Waals surface area contributed by atoms with Gasteiger partial charge in [-0.2, -0.15) is 0 Å². The van der Waals surface area contributed by atoms with Crippen LogP contribution in [-0.4, -0.2) is 31.1 Å². The third-order valence-corrected chi connectivity index (χ3v) is 5.09. The monoisotopic (exact) mass is 328 g/mol. The van der Waals surface area contributed by atoms with Gasteiger partial charge in [0.2, 0.25) is 5.91 Å². The standard InChI is InChI=1S/C15H16N6OS/c22-15(10-5-3-4-8-21-14(10)18-19-20-21)16-9-13-17-11-6-1-2-7-12(11)23-13/h1-2,6-7,10H,3-5,8-9H2,(H,16,22)/t10-/m1/s1. The van der Waals surface area contributed by atoms with Gasteiger partial charge in [0.1, 0.15) is 5.01 Å². The molecule has 23 heavy (non-hydrogen) atoms. The van der Waals surface area contributed by atoms with Crippen molar-refractivity contribution in [1.82, 2.24) is 30.5 Å². The van der Waals surface area contributed by atoms with Crippen molar-refractivity contribution in [1.29, 1.82) is 0 Å². The van der Waals surface area contributed by atoms with Crippen molar-refractivity contribution in [3.8, 4) is 0 Å². The molecule has 7 nitrogen and oxygen atoms in total. The Bertz CT molecular complexity index is 808. The van der Waals surface area contributed by atoms with Crippen molar-refractivity contribution in [2.45, 2.75) is 38.3 Å². The summed E-state index contributed by atoms with van der Waals surface area (Å²) in [5, 5.41) is 15.6. The molecule has 0 aliphatic carbocycles. The van der Waals surface area contributed by atoms with Gasteiger partial charge in [-0.3, -0.25) is 4.79 Å². The number of carbonyl (C=O) groups excluding carboxylic acids is 1. The smallest absolute Gasteiger partial charge is 0.231 e. The maximum atomic E-state index is 12.6. The summed E-state index contributed by atoms with van der Waals surface area (Å²) in [5.41, 5.74) is 0.972. The van der Waals surface area contributed by atoms with E-state index in [-0.39, 0.29) is 11.8 Å². The average Bonchev–Trinajstić information content (AvgIpc) is 3.14. The summed E-state index contributed by atoms with van der Waals surface area (Å²) in [6.45, 7) is 1.22. The molecule has 118 valence electrons. The summed E-state index contributed by atoms with van der Waals surface area (Å²) in [6.07, 6.45) is 2.77. The summed E-state index contributed by atoms with van der Waals surface area (Å²) in [4.78, 5) is 17.1. The zero-order valence-corrected chi connectivity index (χ0v) is 13.3. The van der Waals surface area contributed by atoms with Crippen LogP contribution in [0.5, 0.6) is 0 Å². The number of rotatable bonds is 3. The predicted molar refractivity (Wildman–Crippen MR) is 85.9 cm³/mol. The molecule has 4 rings (SSSR count). The molecule has 0 saturated heterocycles. The fourth-order valence-electron chi connectivity index (χ4n) is 2.89. The van der Waals surface area contributed by atoms with Crippen LogP contribution in [0.3, 0.4) is 0 Å². The van der Waals surface area contributed by atoms with Crippen molar-refractivity contribution < 1.29 is 4.79 Å². The Kier molecular flexibility index (Phi) is 3.74. The zero-order chi connectivity index (χ0) is 15.6. The van der Waals surface area contributed by atoms with Gasteiger partial charge in [0.25, 0.3) is 0 Å². The van der Waals surface area contributed by atoms with E-state index in [4.69, 9.17) is 0 Å². The lowest BCUT2D eigenvalue weighted by Crippen LogP contribution is -2.30. The number of tetrazole rings is 1. The molecule has 0 radical (unpaired) electrons. The van der Waals surface area contributed by atoms with Gasteiger partial charge in [-0.1, -0.05) is 18.6 Å². The SMILES string of the molecule is O=C(NCc1nc2ccccc2s1)[C@@H]1CCCCn2nnnc21. The number of carbonyl (C=O) groups is 1. The molecule has 3 aromatic rings. The molecular weight excluding hydrogens is 312 g/mol. The minimum atomic E-state index is -0.276. The largest absolute Gasteiger partial charge is 0.349 e. The second-order valence-electron chi connectivity index (χ2n) is 5.60. The summed E-state index contributed by atoms with van der Waals surface area (Å²) in [5.74, 6) is 0.369. The number of aryl methyl sites for hydroxylation is 1. The highest BCUT2D eigenvalue weighted by molar-refractivity contribution is 7.18. The van der Waals surface area contributed by atoms with Crippen LogP contribution in [0.15, 0.2) is 24.3 Å². The fourth-order valence-corrected chi connectivity index (χ4v) is 3.80. The molecule has 1 aromatic carbocycles. The van der Waals surface area contributed by atoms with Gasteiger partial charge in [-0.05, 0) is 35.4 Å². The van der Waals surface area contributed by atoms with E-state index in [0.29, 0.717) is 12.4 Å². The average molecular weight is 328 g/mol. The third kappa shape index (κ3) is 2.81. The first-order valence-corrected chi connectivity index (χ1v) is 8.51. The number of aromatic nitrogens is 5. The van der Waals surface area contributed by atoms with E-state index in [1.807, 2.05) is 24.3 Å². The molecule has 3 heterocycles. The van der Waals surface area contributed by atoms with Crippen LogP contribution < -0.4 is 5.32 Å². The molecule has 0 spiro atoms. The Morgan fingerprint density at radius 1 is 1.35 bits per heavy atom. The number of thiazole rings is 1. The van der Waals surface area contributed by atoms with Gasteiger partial charge in [-0.15, -0.1) is 16.4 Å². The highest BCUT2D eigenvalue weighted by Gasteiger charge is 2.28. The third-order valence-electron chi connectivity index (χ3n) is 4.05. The van der Waals surface area contributed by atoms with E-state index < -0.39 is 0 Å². The second-order valence-corrected chi connectivity index (χ2v) is 6.72. The van der Waals surface area contributed by atoms with Gasteiger partial charge in [0.15, 0.2) is 5.82 Å². The van der Waals surface area contributed by atoms with Crippen LogP contribution in [0, 0.1) is 0 Å². The van der Waals surface area contributed by atoms with Crippen LogP contribution in [0.4, 0.5) is 0 Å². The van der Waals surface area contributed by atoms with Crippen molar-refractivity contribution in [2.24, 2.45) is 0 Å². The Morgan fingerprint density at radius 2 is 2.26 bits per heavy atom. The lowest BCUT2D eigenvalue weighted by atomic mass is 10.0. The minimum Gasteiger partial charge on any atom is -0.349 e. The number of amides is 1. The Morgan fingerprint density at radius 3 is 3.17 bits per heavy atom. The Balaban J connectivity index is 1.48. The number of hydrogen-bond acceptors (Lipinski definition) is 6. The molecule has 1 aliphatic heterocycles. The molecule has 1 aliphatic rings. The minimum absolute atomic E-state index is 0.0257. The summed E-state index contributed by atoms with van der Waals surface area (Å²) in [7, 11) is 0. The van der Waals surface area contributed by atoms with Gasteiger partial charge in [-0.25, -0.2) is 9.67 Å². The molecule has 1 amide bonds. The van der Waals surface area contributed by atoms with Gasteiger partial charge < -0.3 is 5.32 Å². The van der Waals surface area contributed by atoms with Crippen LogP contribution in [-0.2, 0) is 17.9 Å². The predicted octanol–water partition coefficient (Wildman–Crippen LogP) is 1.87. The topological polar surface area (TPSA) is 85.6 Å². The summed E-state index contributed by atoms with van der Waals surface area (Å²) in [6, 6.07) is 7.98. The summed E-state index contributed by atoms with van der Waals surface area (Å²) >= 11 is 1.61. The molecule has 0 saturated carbocycles. The lowest BCUT2D eigenvalue weighted by molar-refractivity contribution is -0.123. The number of hydrogen-bond donors (Lipinski definition) is 1. The molecule has 0 fully saturated rings. The Labute approximate surface area is 136 Å². The quantitative estimate of drug-likeness (QED) is 0.793. The first kappa shape index (κ1) is 14.3. The van der Waals surface area contributed by atoms with E-state index in [1.54, 1.807) is 16.0 Å². The number of benzene rings is 1. The van der Waals surface area contributed by atoms with Crippen molar-refractivity contribution in [2.75, 3.05) is 0 Å². The lowest BCUT2D eigenvalue weighted by Gasteiger charge is -2.12. The Hall–Kier alpha value is -2.35. The molecule has 1 N–H and O–H groups in total. The molecule has 8 heteroatoms. The first-order valence-electron chi connectivity index (χ1n) is 7.69. The van der Waals surface area contributed by atoms with E-state index in [0.717, 1.165) is 41.0 Å². The van der Waals surface area contributed by atoms with Crippen LogP contribution in [0.1, 0.15) is 36.0 Å². The second kappa shape index (κ2) is 6.04. The van der Waals surface area contributed by atoms with E-state index in [9.17, 15) is 4.79 Å². The molecule has 0 unspecified atom stereocenters. The van der Waals surface area contributed by atoms with Crippen LogP contribution in [0.2, 0.25) is 0 Å². The molecule has 0 bridgehead atoms. The van der Waals surface area contributed by atoms with Crippen LogP contribution >= 0.6 is 11.3 Å². The van der Waals surface area contributed by atoms with Crippen molar-refractivity contribution >= 4 is 27.5 Å². The van der Waals surface area contributed by atoms with E-state index in [2.05, 4.69) is 25.8 Å². The van der Waals surface area contributed by atoms with Crippen LogP contribution in [0.25, 0.3) is 10.2 Å². The first-order chi connectivity index (χ1) is 11.3. The number of nitrogens with zero attached hydrogens (tertiary/aromatic N) is 5. The highest BCUT2D eigenvalue weighted by Crippen LogP contribution is 2.25. The van der Waals surface area contributed by atoms with Crippen molar-refractivity contribution in [3.05, 3.63) is 35.1 Å². The number of para-hydroxylation sites is 1. The normalized spacial score (nSPS) is 17.7. The highest BCUT2D eigenvalue weighted by atomic mass is 32.1. The fraction of sp³-hybridized carbons (Fsp3) is 0.400. The van der Waals surface area contributed by atoms with Gasteiger partial charge in [0.05, 0.1) is 22.7 Å². The summed E-state index contributed by atoms with van der Waals surface area (Å²) < 4.78 is 2.88. The maximum absolute atomic E-state index is 12.6. The van der Waals surface area contributed by atoms with Crippen molar-refractivity contribution in [3.63, 3.8) is 0 Å². The van der Waals surface area contributed by atoms with Gasteiger partial charge in [0, 0.05) is 6.54 Å². The van der Waals surface area contributed by atoms with Gasteiger partial charge >= 0.3 is 0 Å². The number of fused-ring (bicyclic) bond motifs is 2. The molecular formula is C15H16N6OS. The number of nitrogens with one attached hydrogen (secondary N) is 1. The maximum Gasteiger partial charge on any atom is 0.231 e. The van der Waals surface area contributed by atoms with E-state index >= 15 is 0 Å². The molecule has 2 aromatic heterocycles. The zero-order valence-electron chi connectivity index (χ0n) is 12.5. The van der Waals surface area contributed by atoms with E-state index in [1.165, 1.54) is 0 Å².